The SMILES string of the molecule is Nc1cn(Cc2cc(F)ccc2F)ccc1=O. The van der Waals surface area contributed by atoms with Gasteiger partial charge in [-0.25, -0.2) is 8.78 Å². The average molecular weight is 236 g/mol. The molecule has 0 bridgehead atoms. The molecule has 0 atom stereocenters. The van der Waals surface area contributed by atoms with Gasteiger partial charge in [0.2, 0.25) is 5.43 Å². The van der Waals surface area contributed by atoms with Crippen molar-refractivity contribution >= 4 is 5.69 Å². The Kier molecular flexibility index (Phi) is 2.91. The van der Waals surface area contributed by atoms with E-state index < -0.39 is 11.6 Å². The van der Waals surface area contributed by atoms with Gasteiger partial charge in [-0.1, -0.05) is 0 Å². The van der Waals surface area contributed by atoms with Crippen LogP contribution in [-0.4, -0.2) is 4.57 Å². The van der Waals surface area contributed by atoms with Crippen LogP contribution in [0.4, 0.5) is 14.5 Å². The van der Waals surface area contributed by atoms with Gasteiger partial charge in [0.15, 0.2) is 0 Å². The molecule has 1 aromatic carbocycles. The summed E-state index contributed by atoms with van der Waals surface area (Å²) in [5.41, 5.74) is 5.43. The molecule has 0 saturated heterocycles. The van der Waals surface area contributed by atoms with Crippen LogP contribution in [0.5, 0.6) is 0 Å². The second-order valence-corrected chi connectivity index (χ2v) is 3.67. The highest BCUT2D eigenvalue weighted by Gasteiger charge is 2.04. The van der Waals surface area contributed by atoms with Crippen molar-refractivity contribution in [1.82, 2.24) is 4.57 Å². The van der Waals surface area contributed by atoms with Crippen molar-refractivity contribution in [2.45, 2.75) is 6.54 Å². The van der Waals surface area contributed by atoms with Gasteiger partial charge in [-0.3, -0.25) is 4.79 Å². The lowest BCUT2D eigenvalue weighted by atomic mass is 10.2. The van der Waals surface area contributed by atoms with Crippen LogP contribution in [0.25, 0.3) is 0 Å². The second-order valence-electron chi connectivity index (χ2n) is 3.67. The predicted octanol–water partition coefficient (Wildman–Crippen LogP) is 1.76. The number of hydrogen-bond donors (Lipinski definition) is 1. The van der Waals surface area contributed by atoms with Gasteiger partial charge in [-0.15, -0.1) is 0 Å². The zero-order chi connectivity index (χ0) is 12.4. The van der Waals surface area contributed by atoms with Crippen molar-refractivity contribution in [3.8, 4) is 0 Å². The number of aromatic nitrogens is 1. The Morgan fingerprint density at radius 3 is 2.71 bits per heavy atom. The topological polar surface area (TPSA) is 48.0 Å². The molecule has 2 aromatic rings. The Balaban J connectivity index is 2.34. The molecule has 2 rings (SSSR count). The smallest absolute Gasteiger partial charge is 0.204 e. The number of pyridine rings is 1. The van der Waals surface area contributed by atoms with Crippen LogP contribution in [0.1, 0.15) is 5.56 Å². The van der Waals surface area contributed by atoms with Crippen molar-refractivity contribution in [1.29, 1.82) is 0 Å². The summed E-state index contributed by atoms with van der Waals surface area (Å²) in [6, 6.07) is 4.52. The maximum atomic E-state index is 13.4. The van der Waals surface area contributed by atoms with Gasteiger partial charge in [0.1, 0.15) is 11.6 Å². The summed E-state index contributed by atoms with van der Waals surface area (Å²) in [7, 11) is 0. The molecule has 17 heavy (non-hydrogen) atoms. The summed E-state index contributed by atoms with van der Waals surface area (Å²) >= 11 is 0. The van der Waals surface area contributed by atoms with Gasteiger partial charge in [0, 0.05) is 24.0 Å². The van der Waals surface area contributed by atoms with Crippen LogP contribution in [0.3, 0.4) is 0 Å². The van der Waals surface area contributed by atoms with E-state index in [1.54, 1.807) is 0 Å². The number of nitrogens with two attached hydrogens (primary N) is 1. The first-order valence-corrected chi connectivity index (χ1v) is 4.96. The van der Waals surface area contributed by atoms with Crippen LogP contribution < -0.4 is 11.2 Å². The van der Waals surface area contributed by atoms with Crippen LogP contribution in [0.15, 0.2) is 41.5 Å². The fourth-order valence-electron chi connectivity index (χ4n) is 1.50. The Labute approximate surface area is 96.1 Å². The van der Waals surface area contributed by atoms with Crippen molar-refractivity contribution in [2.24, 2.45) is 0 Å². The highest BCUT2D eigenvalue weighted by atomic mass is 19.1. The molecule has 0 aliphatic carbocycles. The van der Waals surface area contributed by atoms with Gasteiger partial charge >= 0.3 is 0 Å². The molecule has 0 aliphatic heterocycles. The first-order valence-electron chi connectivity index (χ1n) is 4.96. The molecule has 0 saturated carbocycles. The molecule has 1 aromatic heterocycles. The molecule has 0 spiro atoms. The molecule has 0 unspecified atom stereocenters. The van der Waals surface area contributed by atoms with E-state index in [0.717, 1.165) is 18.2 Å². The van der Waals surface area contributed by atoms with Crippen LogP contribution in [0.2, 0.25) is 0 Å². The highest BCUT2D eigenvalue weighted by Crippen LogP contribution is 2.11. The number of nitrogen functional groups attached to an aromatic ring is 1. The zero-order valence-electron chi connectivity index (χ0n) is 8.86. The molecule has 1 heterocycles. The average Bonchev–Trinajstić information content (AvgIpc) is 2.29. The van der Waals surface area contributed by atoms with E-state index in [9.17, 15) is 13.6 Å². The number of hydrogen-bond acceptors (Lipinski definition) is 2. The number of nitrogens with zero attached hydrogens (tertiary/aromatic N) is 1. The monoisotopic (exact) mass is 236 g/mol. The summed E-state index contributed by atoms with van der Waals surface area (Å²) in [5, 5.41) is 0. The quantitative estimate of drug-likeness (QED) is 0.863. The summed E-state index contributed by atoms with van der Waals surface area (Å²) < 4.78 is 27.8. The number of rotatable bonds is 2. The lowest BCUT2D eigenvalue weighted by Crippen LogP contribution is -2.11. The summed E-state index contributed by atoms with van der Waals surface area (Å²) in [6.07, 6.45) is 2.87. The standard InChI is InChI=1S/C12H10F2N2O/c13-9-1-2-10(14)8(5-9)6-16-4-3-12(17)11(15)7-16/h1-5,7H,6,15H2. The van der Waals surface area contributed by atoms with E-state index in [1.165, 1.54) is 23.0 Å². The van der Waals surface area contributed by atoms with Gasteiger partial charge < -0.3 is 10.3 Å². The van der Waals surface area contributed by atoms with Crippen molar-refractivity contribution in [3.63, 3.8) is 0 Å². The van der Waals surface area contributed by atoms with E-state index in [4.69, 9.17) is 5.73 Å². The molecular weight excluding hydrogens is 226 g/mol. The van der Waals surface area contributed by atoms with E-state index in [0.29, 0.717) is 0 Å². The van der Waals surface area contributed by atoms with Crippen LogP contribution >= 0.6 is 0 Å². The molecule has 88 valence electrons. The van der Waals surface area contributed by atoms with Gasteiger partial charge in [0.05, 0.1) is 12.2 Å². The lowest BCUT2D eigenvalue weighted by Gasteiger charge is -2.08. The molecule has 0 aliphatic rings. The maximum absolute atomic E-state index is 13.4. The largest absolute Gasteiger partial charge is 0.394 e. The molecule has 3 nitrogen and oxygen atoms in total. The Morgan fingerprint density at radius 1 is 1.24 bits per heavy atom. The third-order valence-electron chi connectivity index (χ3n) is 2.37. The highest BCUT2D eigenvalue weighted by molar-refractivity contribution is 5.34. The van der Waals surface area contributed by atoms with E-state index in [-0.39, 0.29) is 23.2 Å². The molecular formula is C12H10F2N2O. The normalized spacial score (nSPS) is 10.5. The predicted molar refractivity (Wildman–Crippen MR) is 60.6 cm³/mol. The van der Waals surface area contributed by atoms with Crippen molar-refractivity contribution in [2.75, 3.05) is 5.73 Å². The minimum atomic E-state index is -0.504. The lowest BCUT2D eigenvalue weighted by molar-refractivity contribution is 0.576. The van der Waals surface area contributed by atoms with Crippen LogP contribution in [0, 0.1) is 11.6 Å². The molecule has 0 amide bonds. The molecule has 0 radical (unpaired) electrons. The number of benzene rings is 1. The van der Waals surface area contributed by atoms with E-state index >= 15 is 0 Å². The minimum absolute atomic E-state index is 0.0734. The molecule has 2 N–H and O–H groups in total. The first-order chi connectivity index (χ1) is 8.06. The molecule has 0 fully saturated rings. The summed E-state index contributed by atoms with van der Waals surface area (Å²) in [5.74, 6) is -1.00. The van der Waals surface area contributed by atoms with Gasteiger partial charge in [-0.2, -0.15) is 0 Å². The Bertz CT molecular complexity index is 608. The van der Waals surface area contributed by atoms with E-state index in [1.807, 2.05) is 0 Å². The Hall–Kier alpha value is -2.17. The van der Waals surface area contributed by atoms with Crippen LogP contribution in [-0.2, 0) is 6.54 Å². The fourth-order valence-corrected chi connectivity index (χ4v) is 1.50. The zero-order valence-corrected chi connectivity index (χ0v) is 8.86. The second kappa shape index (κ2) is 4.37. The van der Waals surface area contributed by atoms with Gasteiger partial charge in [0.25, 0.3) is 0 Å². The van der Waals surface area contributed by atoms with Crippen molar-refractivity contribution < 1.29 is 8.78 Å². The van der Waals surface area contributed by atoms with E-state index in [2.05, 4.69) is 0 Å². The summed E-state index contributed by atoms with van der Waals surface area (Å²) in [6.45, 7) is 0.119. The third kappa shape index (κ3) is 2.50. The minimum Gasteiger partial charge on any atom is -0.394 e. The third-order valence-corrected chi connectivity index (χ3v) is 2.37. The molecule has 5 heteroatoms. The Morgan fingerprint density at radius 2 is 2.00 bits per heavy atom. The first kappa shape index (κ1) is 11.3. The van der Waals surface area contributed by atoms with Gasteiger partial charge in [-0.05, 0) is 18.2 Å². The maximum Gasteiger partial charge on any atom is 0.204 e. The summed E-state index contributed by atoms with van der Waals surface area (Å²) in [4.78, 5) is 11.1. The van der Waals surface area contributed by atoms with Crippen molar-refractivity contribution in [3.05, 3.63) is 64.1 Å². The number of halogens is 2. The fraction of sp³-hybridized carbons (Fsp3) is 0.0833. The number of anilines is 1.